The number of anilines is 1. The van der Waals surface area contributed by atoms with E-state index in [0.717, 1.165) is 17.4 Å². The number of nitrogens with zero attached hydrogens (tertiary/aromatic N) is 2. The minimum absolute atomic E-state index is 0.148. The largest absolute Gasteiger partial charge is 0.573 e. The number of aromatic nitrogens is 1. The number of halogens is 3. The van der Waals surface area contributed by atoms with Crippen molar-refractivity contribution in [2.45, 2.75) is 39.6 Å². The zero-order valence-corrected chi connectivity index (χ0v) is 19.0. The van der Waals surface area contributed by atoms with Gasteiger partial charge in [0.15, 0.2) is 5.13 Å². The first-order chi connectivity index (χ1) is 15.4. The molecule has 0 bridgehead atoms. The fourth-order valence-electron chi connectivity index (χ4n) is 3.60. The van der Waals surface area contributed by atoms with Crippen LogP contribution < -0.4 is 15.4 Å². The second-order valence-corrected chi connectivity index (χ2v) is 8.75. The van der Waals surface area contributed by atoms with Crippen LogP contribution in [-0.4, -0.2) is 53.1 Å². The number of thiazole rings is 1. The number of carbonyl (C=O) groups excluding carboxylic acids is 3. The van der Waals surface area contributed by atoms with E-state index in [1.807, 2.05) is 6.92 Å². The Morgan fingerprint density at radius 3 is 2.58 bits per heavy atom. The third-order valence-corrected chi connectivity index (χ3v) is 6.20. The van der Waals surface area contributed by atoms with Gasteiger partial charge in [0.05, 0.1) is 11.3 Å². The van der Waals surface area contributed by atoms with Crippen molar-refractivity contribution < 1.29 is 32.3 Å². The SMILES string of the molecule is CC(=O)Nc1nc(C)c(C(=O)N2CC[C@@H](NC(=O)c3ccccc3OC(F)(F)F)[C@@H](C)C2)s1. The van der Waals surface area contributed by atoms with Gasteiger partial charge in [0.1, 0.15) is 10.6 Å². The summed E-state index contributed by atoms with van der Waals surface area (Å²) >= 11 is 1.10. The number of hydrogen-bond donors (Lipinski definition) is 2. The van der Waals surface area contributed by atoms with Crippen molar-refractivity contribution in [3.63, 3.8) is 0 Å². The number of hydrogen-bond acceptors (Lipinski definition) is 6. The Balaban J connectivity index is 1.64. The van der Waals surface area contributed by atoms with E-state index in [0.29, 0.717) is 35.2 Å². The maximum Gasteiger partial charge on any atom is 0.573 e. The van der Waals surface area contributed by atoms with Gasteiger partial charge in [-0.15, -0.1) is 13.2 Å². The van der Waals surface area contributed by atoms with Gasteiger partial charge in [-0.1, -0.05) is 30.4 Å². The first kappa shape index (κ1) is 24.5. The number of ether oxygens (including phenoxy) is 1. The van der Waals surface area contributed by atoms with E-state index in [-0.39, 0.29) is 29.3 Å². The molecule has 2 N–H and O–H groups in total. The van der Waals surface area contributed by atoms with E-state index in [1.165, 1.54) is 25.1 Å². The topological polar surface area (TPSA) is 101 Å². The average Bonchev–Trinajstić information content (AvgIpc) is 3.07. The van der Waals surface area contributed by atoms with Gasteiger partial charge in [0, 0.05) is 26.1 Å². The lowest BCUT2D eigenvalue weighted by Gasteiger charge is -2.37. The van der Waals surface area contributed by atoms with Crippen LogP contribution in [0.25, 0.3) is 0 Å². The number of para-hydroxylation sites is 1. The van der Waals surface area contributed by atoms with Crippen LogP contribution in [0.1, 0.15) is 46.0 Å². The molecule has 1 fully saturated rings. The molecule has 1 aromatic carbocycles. The highest BCUT2D eigenvalue weighted by atomic mass is 32.1. The van der Waals surface area contributed by atoms with E-state index < -0.39 is 18.0 Å². The summed E-state index contributed by atoms with van der Waals surface area (Å²) in [6, 6.07) is 4.82. The highest BCUT2D eigenvalue weighted by Gasteiger charge is 2.35. The van der Waals surface area contributed by atoms with Gasteiger partial charge in [0.2, 0.25) is 5.91 Å². The lowest BCUT2D eigenvalue weighted by molar-refractivity contribution is -0.274. The second-order valence-electron chi connectivity index (χ2n) is 7.76. The van der Waals surface area contributed by atoms with Crippen molar-refractivity contribution in [3.8, 4) is 5.75 Å². The Morgan fingerprint density at radius 1 is 1.24 bits per heavy atom. The molecular weight excluding hydrogens is 461 g/mol. The van der Waals surface area contributed by atoms with E-state index >= 15 is 0 Å². The molecule has 3 rings (SSSR count). The third kappa shape index (κ3) is 6.21. The van der Waals surface area contributed by atoms with Gasteiger partial charge in [-0.2, -0.15) is 0 Å². The van der Waals surface area contributed by atoms with Crippen LogP contribution in [0.15, 0.2) is 24.3 Å². The zero-order chi connectivity index (χ0) is 24.3. The molecule has 2 aromatic rings. The molecule has 1 aliphatic rings. The minimum atomic E-state index is -4.91. The van der Waals surface area contributed by atoms with Crippen LogP contribution in [0.3, 0.4) is 0 Å². The first-order valence-electron chi connectivity index (χ1n) is 10.1. The van der Waals surface area contributed by atoms with Gasteiger partial charge >= 0.3 is 6.36 Å². The number of rotatable bonds is 5. The van der Waals surface area contributed by atoms with E-state index in [2.05, 4.69) is 20.4 Å². The van der Waals surface area contributed by atoms with E-state index in [1.54, 1.807) is 11.8 Å². The summed E-state index contributed by atoms with van der Waals surface area (Å²) < 4.78 is 41.9. The van der Waals surface area contributed by atoms with Crippen LogP contribution in [-0.2, 0) is 4.79 Å². The summed E-state index contributed by atoms with van der Waals surface area (Å²) in [5.74, 6) is -1.90. The molecular formula is C21H23F3N4O4S. The van der Waals surface area contributed by atoms with Crippen LogP contribution in [0, 0.1) is 12.8 Å². The quantitative estimate of drug-likeness (QED) is 0.676. The molecule has 12 heteroatoms. The Labute approximate surface area is 192 Å². The van der Waals surface area contributed by atoms with E-state index in [9.17, 15) is 27.6 Å². The van der Waals surface area contributed by atoms with Gasteiger partial charge in [-0.25, -0.2) is 4.98 Å². The van der Waals surface area contributed by atoms with Gasteiger partial charge in [-0.05, 0) is 31.4 Å². The molecule has 0 radical (unpaired) electrons. The fraction of sp³-hybridized carbons (Fsp3) is 0.429. The molecule has 178 valence electrons. The summed E-state index contributed by atoms with van der Waals surface area (Å²) in [5.41, 5.74) is 0.296. The molecule has 0 aliphatic carbocycles. The molecule has 1 saturated heterocycles. The number of alkyl halides is 3. The molecule has 0 spiro atoms. The number of aryl methyl sites for hydroxylation is 1. The molecule has 0 saturated carbocycles. The predicted molar refractivity (Wildman–Crippen MR) is 115 cm³/mol. The van der Waals surface area contributed by atoms with Crippen molar-refractivity contribution in [1.82, 2.24) is 15.2 Å². The Morgan fingerprint density at radius 2 is 1.94 bits per heavy atom. The number of amides is 3. The molecule has 1 aliphatic heterocycles. The second kappa shape index (κ2) is 9.77. The van der Waals surface area contributed by atoms with Gasteiger partial charge in [0.25, 0.3) is 11.8 Å². The maximum absolute atomic E-state index is 13.0. The summed E-state index contributed by atoms with van der Waals surface area (Å²) in [5, 5.41) is 5.68. The summed E-state index contributed by atoms with van der Waals surface area (Å²) in [6.07, 6.45) is -4.48. The van der Waals surface area contributed by atoms with Crippen LogP contribution in [0.2, 0.25) is 0 Å². The van der Waals surface area contributed by atoms with Gasteiger partial charge in [-0.3, -0.25) is 14.4 Å². The van der Waals surface area contributed by atoms with Crippen LogP contribution >= 0.6 is 11.3 Å². The molecule has 1 aromatic heterocycles. The van der Waals surface area contributed by atoms with Crippen molar-refractivity contribution in [3.05, 3.63) is 40.4 Å². The highest BCUT2D eigenvalue weighted by molar-refractivity contribution is 7.17. The van der Waals surface area contributed by atoms with Crippen LogP contribution in [0.5, 0.6) is 5.75 Å². The number of benzene rings is 1. The fourth-order valence-corrected chi connectivity index (χ4v) is 4.58. The summed E-state index contributed by atoms with van der Waals surface area (Å²) in [4.78, 5) is 43.1. The third-order valence-electron chi connectivity index (χ3n) is 5.14. The van der Waals surface area contributed by atoms with E-state index in [4.69, 9.17) is 0 Å². The number of nitrogens with one attached hydrogen (secondary N) is 2. The van der Waals surface area contributed by atoms with Crippen LogP contribution in [0.4, 0.5) is 18.3 Å². The normalized spacial score (nSPS) is 18.5. The van der Waals surface area contributed by atoms with Crippen molar-refractivity contribution in [2.24, 2.45) is 5.92 Å². The lowest BCUT2D eigenvalue weighted by atomic mass is 9.93. The minimum Gasteiger partial charge on any atom is -0.405 e. The van der Waals surface area contributed by atoms with Crippen molar-refractivity contribution in [1.29, 1.82) is 0 Å². The summed E-state index contributed by atoms with van der Waals surface area (Å²) in [7, 11) is 0. The lowest BCUT2D eigenvalue weighted by Crippen LogP contribution is -2.51. The number of piperidine rings is 1. The molecule has 2 atom stereocenters. The zero-order valence-electron chi connectivity index (χ0n) is 18.2. The number of carbonyl (C=O) groups is 3. The predicted octanol–water partition coefficient (Wildman–Crippen LogP) is 3.59. The Kier molecular flexibility index (Phi) is 7.25. The molecule has 8 nitrogen and oxygen atoms in total. The monoisotopic (exact) mass is 484 g/mol. The van der Waals surface area contributed by atoms with Crippen molar-refractivity contribution in [2.75, 3.05) is 18.4 Å². The molecule has 33 heavy (non-hydrogen) atoms. The Hall–Kier alpha value is -3.15. The standard InChI is InChI=1S/C21H23F3N4O4S/c1-11-10-28(19(31)17-12(2)25-20(33-17)26-13(3)29)9-8-15(11)27-18(30)14-6-4-5-7-16(14)32-21(22,23)24/h4-7,11,15H,8-10H2,1-3H3,(H,27,30)(H,25,26,29)/t11-,15+/m0/s1. The highest BCUT2D eigenvalue weighted by Crippen LogP contribution is 2.28. The molecule has 2 heterocycles. The Bertz CT molecular complexity index is 1060. The first-order valence-corrected chi connectivity index (χ1v) is 11.0. The maximum atomic E-state index is 13.0. The van der Waals surface area contributed by atoms with Gasteiger partial charge < -0.3 is 20.3 Å². The molecule has 3 amide bonds. The smallest absolute Gasteiger partial charge is 0.405 e. The number of likely N-dealkylation sites (tertiary alicyclic amines) is 1. The molecule has 0 unspecified atom stereocenters. The van der Waals surface area contributed by atoms with Crippen molar-refractivity contribution >= 4 is 34.2 Å². The summed E-state index contributed by atoms with van der Waals surface area (Å²) in [6.45, 7) is 5.59. The average molecular weight is 485 g/mol.